The van der Waals surface area contributed by atoms with Crippen LogP contribution in [-0.2, 0) is 14.4 Å². The number of nitrogens with two attached hydrogens (primary N) is 2. The molecule has 0 aliphatic heterocycles. The van der Waals surface area contributed by atoms with Crippen molar-refractivity contribution in [1.29, 1.82) is 0 Å². The lowest BCUT2D eigenvalue weighted by Gasteiger charge is -2.18. The number of nitrogens with one attached hydrogen (secondary N) is 1. The Morgan fingerprint density at radius 2 is 2.00 bits per heavy atom. The minimum absolute atomic E-state index is 0.0563. The molecular weight excluding hydrogens is 174 g/mol. The molecule has 0 fully saturated rings. The van der Waals surface area contributed by atoms with Crippen LogP contribution in [-0.4, -0.2) is 24.5 Å². The van der Waals surface area contributed by atoms with Gasteiger partial charge in [-0.15, -0.1) is 0 Å². The second-order valence-corrected chi connectivity index (χ2v) is 3.00. The summed E-state index contributed by atoms with van der Waals surface area (Å²) in [5, 5.41) is 2.40. The zero-order valence-corrected chi connectivity index (χ0v) is 7.74. The van der Waals surface area contributed by atoms with E-state index >= 15 is 0 Å². The standard InChI is InChI=1S/C7H15N3O3/c1-4(2)6(7(8)12)10-5(11)3-13-9/h4,6H,3,9H2,1-2H3,(H2,8,12)(H,10,11)/t6-/m0/s1. The van der Waals surface area contributed by atoms with Crippen LogP contribution >= 0.6 is 0 Å². The largest absolute Gasteiger partial charge is 0.368 e. The third-order valence-corrected chi connectivity index (χ3v) is 1.50. The van der Waals surface area contributed by atoms with Crippen molar-refractivity contribution in [3.63, 3.8) is 0 Å². The molecule has 0 unspecified atom stereocenters. The third kappa shape index (κ3) is 4.44. The van der Waals surface area contributed by atoms with Crippen molar-refractivity contribution in [2.24, 2.45) is 17.5 Å². The van der Waals surface area contributed by atoms with Crippen LogP contribution in [0.25, 0.3) is 0 Å². The zero-order valence-electron chi connectivity index (χ0n) is 7.74. The number of hydrogen-bond acceptors (Lipinski definition) is 4. The summed E-state index contributed by atoms with van der Waals surface area (Å²) in [7, 11) is 0. The SMILES string of the molecule is CC(C)[C@H](NC(=O)CON)C(N)=O. The Labute approximate surface area is 76.5 Å². The maximum Gasteiger partial charge on any atom is 0.248 e. The first-order chi connectivity index (χ1) is 5.99. The molecule has 13 heavy (non-hydrogen) atoms. The second kappa shape index (κ2) is 5.50. The van der Waals surface area contributed by atoms with E-state index in [1.807, 2.05) is 0 Å². The van der Waals surface area contributed by atoms with Crippen LogP contribution in [0.3, 0.4) is 0 Å². The number of carbonyl (C=O) groups excluding carboxylic acids is 2. The molecule has 0 aliphatic rings. The molecule has 0 saturated carbocycles. The van der Waals surface area contributed by atoms with Crippen molar-refractivity contribution >= 4 is 11.8 Å². The summed E-state index contributed by atoms with van der Waals surface area (Å²) in [5.41, 5.74) is 5.06. The monoisotopic (exact) mass is 189 g/mol. The summed E-state index contributed by atoms with van der Waals surface area (Å²) in [6.07, 6.45) is 0. The molecule has 0 radical (unpaired) electrons. The topological polar surface area (TPSA) is 107 Å². The van der Waals surface area contributed by atoms with Crippen LogP contribution in [0.4, 0.5) is 0 Å². The molecule has 2 amide bonds. The lowest BCUT2D eigenvalue weighted by atomic mass is 10.0. The van der Waals surface area contributed by atoms with Crippen LogP contribution in [0.1, 0.15) is 13.8 Å². The van der Waals surface area contributed by atoms with Gasteiger partial charge in [-0.05, 0) is 5.92 Å². The number of carbonyl (C=O) groups is 2. The van der Waals surface area contributed by atoms with E-state index in [0.717, 1.165) is 0 Å². The number of amides is 2. The molecule has 6 nitrogen and oxygen atoms in total. The lowest BCUT2D eigenvalue weighted by Crippen LogP contribution is -2.48. The third-order valence-electron chi connectivity index (χ3n) is 1.50. The Bertz CT molecular complexity index is 193. The van der Waals surface area contributed by atoms with Gasteiger partial charge < -0.3 is 11.1 Å². The first kappa shape index (κ1) is 11.9. The summed E-state index contributed by atoms with van der Waals surface area (Å²) in [6, 6.07) is -0.678. The molecule has 0 aliphatic carbocycles. The minimum atomic E-state index is -0.678. The van der Waals surface area contributed by atoms with Crippen LogP contribution in [0, 0.1) is 5.92 Å². The van der Waals surface area contributed by atoms with E-state index in [-0.39, 0.29) is 12.5 Å². The molecule has 0 spiro atoms. The summed E-state index contributed by atoms with van der Waals surface area (Å²) in [4.78, 5) is 25.9. The predicted molar refractivity (Wildman–Crippen MR) is 46.1 cm³/mol. The van der Waals surface area contributed by atoms with Crippen molar-refractivity contribution in [3.8, 4) is 0 Å². The van der Waals surface area contributed by atoms with Gasteiger partial charge in [0, 0.05) is 0 Å². The average Bonchev–Trinajstić information content (AvgIpc) is 1.99. The number of rotatable bonds is 5. The number of primary amides is 1. The van der Waals surface area contributed by atoms with Crippen molar-refractivity contribution in [3.05, 3.63) is 0 Å². The van der Waals surface area contributed by atoms with Crippen LogP contribution in [0.2, 0.25) is 0 Å². The molecule has 0 bridgehead atoms. The van der Waals surface area contributed by atoms with Gasteiger partial charge in [-0.25, -0.2) is 5.90 Å². The highest BCUT2D eigenvalue weighted by Crippen LogP contribution is 1.99. The van der Waals surface area contributed by atoms with E-state index in [1.54, 1.807) is 13.8 Å². The van der Waals surface area contributed by atoms with Gasteiger partial charge in [0.2, 0.25) is 11.8 Å². The van der Waals surface area contributed by atoms with Crippen LogP contribution < -0.4 is 16.9 Å². The fourth-order valence-corrected chi connectivity index (χ4v) is 0.857. The first-order valence-electron chi connectivity index (χ1n) is 3.89. The normalized spacial score (nSPS) is 12.6. The van der Waals surface area contributed by atoms with Gasteiger partial charge >= 0.3 is 0 Å². The van der Waals surface area contributed by atoms with E-state index in [4.69, 9.17) is 5.73 Å². The van der Waals surface area contributed by atoms with E-state index in [1.165, 1.54) is 0 Å². The van der Waals surface area contributed by atoms with Crippen molar-refractivity contribution in [2.75, 3.05) is 6.61 Å². The molecule has 0 aromatic rings. The molecule has 0 saturated heterocycles. The Balaban J connectivity index is 4.10. The molecule has 76 valence electrons. The molecule has 6 heteroatoms. The molecule has 1 atom stereocenters. The Kier molecular flexibility index (Phi) is 5.01. The van der Waals surface area contributed by atoms with Crippen molar-refractivity contribution < 1.29 is 14.4 Å². The minimum Gasteiger partial charge on any atom is -0.368 e. The maximum atomic E-state index is 10.9. The van der Waals surface area contributed by atoms with Crippen LogP contribution in [0.15, 0.2) is 0 Å². The maximum absolute atomic E-state index is 10.9. The quantitative estimate of drug-likeness (QED) is 0.457. The molecule has 0 rings (SSSR count). The van der Waals surface area contributed by atoms with Crippen LogP contribution in [0.5, 0.6) is 0 Å². The number of hydrogen-bond donors (Lipinski definition) is 3. The first-order valence-corrected chi connectivity index (χ1v) is 3.89. The van der Waals surface area contributed by atoms with Gasteiger partial charge in [0.15, 0.2) is 0 Å². The Morgan fingerprint density at radius 3 is 2.31 bits per heavy atom. The Hall–Kier alpha value is -1.14. The predicted octanol–water partition coefficient (Wildman–Crippen LogP) is -1.50. The van der Waals surface area contributed by atoms with Crippen molar-refractivity contribution in [1.82, 2.24) is 5.32 Å². The molecule has 0 aromatic heterocycles. The second-order valence-electron chi connectivity index (χ2n) is 3.00. The molecule has 0 aromatic carbocycles. The highest BCUT2D eigenvalue weighted by molar-refractivity contribution is 5.87. The van der Waals surface area contributed by atoms with E-state index in [0.29, 0.717) is 0 Å². The molecule has 5 N–H and O–H groups in total. The van der Waals surface area contributed by atoms with Gasteiger partial charge in [-0.2, -0.15) is 0 Å². The highest BCUT2D eigenvalue weighted by atomic mass is 16.6. The summed E-state index contributed by atoms with van der Waals surface area (Å²) >= 11 is 0. The van der Waals surface area contributed by atoms with Gasteiger partial charge in [0.25, 0.3) is 0 Å². The average molecular weight is 189 g/mol. The van der Waals surface area contributed by atoms with Crippen molar-refractivity contribution in [2.45, 2.75) is 19.9 Å². The summed E-state index contributed by atoms with van der Waals surface area (Å²) in [5.74, 6) is 3.60. The summed E-state index contributed by atoms with van der Waals surface area (Å²) in [6.45, 7) is 3.27. The molecular formula is C7H15N3O3. The lowest BCUT2D eigenvalue weighted by molar-refractivity contribution is -0.131. The van der Waals surface area contributed by atoms with Gasteiger partial charge in [0.1, 0.15) is 12.6 Å². The van der Waals surface area contributed by atoms with Gasteiger partial charge in [0.05, 0.1) is 0 Å². The van der Waals surface area contributed by atoms with Gasteiger partial charge in [-0.3, -0.25) is 14.4 Å². The Morgan fingerprint density at radius 1 is 1.46 bits per heavy atom. The smallest absolute Gasteiger partial charge is 0.248 e. The highest BCUT2D eigenvalue weighted by Gasteiger charge is 2.21. The fraction of sp³-hybridized carbons (Fsp3) is 0.714. The van der Waals surface area contributed by atoms with Gasteiger partial charge in [-0.1, -0.05) is 13.8 Å². The van der Waals surface area contributed by atoms with E-state index in [9.17, 15) is 9.59 Å². The zero-order chi connectivity index (χ0) is 10.4. The molecule has 0 heterocycles. The van der Waals surface area contributed by atoms with E-state index in [2.05, 4.69) is 16.1 Å². The fourth-order valence-electron chi connectivity index (χ4n) is 0.857. The van der Waals surface area contributed by atoms with E-state index < -0.39 is 17.9 Å². The summed E-state index contributed by atoms with van der Waals surface area (Å²) < 4.78 is 0.